The molecule has 1 saturated carbocycles. The largest absolute Gasteiger partial charge is 0.481 e. The van der Waals surface area contributed by atoms with Crippen molar-refractivity contribution in [3.63, 3.8) is 0 Å². The van der Waals surface area contributed by atoms with Crippen molar-refractivity contribution in [2.75, 3.05) is 5.75 Å². The van der Waals surface area contributed by atoms with Gasteiger partial charge in [-0.2, -0.15) is 0 Å². The van der Waals surface area contributed by atoms with Crippen LogP contribution in [0.1, 0.15) is 24.8 Å². The summed E-state index contributed by atoms with van der Waals surface area (Å²) >= 11 is 0. The van der Waals surface area contributed by atoms with Crippen LogP contribution in [0.15, 0.2) is 24.5 Å². The van der Waals surface area contributed by atoms with Crippen LogP contribution in [0.25, 0.3) is 0 Å². The molecule has 98 valence electrons. The quantitative estimate of drug-likeness (QED) is 0.840. The summed E-state index contributed by atoms with van der Waals surface area (Å²) in [6.07, 6.45) is 4.43. The van der Waals surface area contributed by atoms with Gasteiger partial charge in [0.2, 0.25) is 0 Å². The fourth-order valence-electron chi connectivity index (χ4n) is 2.12. The van der Waals surface area contributed by atoms with E-state index in [1.807, 2.05) is 0 Å². The van der Waals surface area contributed by atoms with Crippen LogP contribution >= 0.6 is 0 Å². The van der Waals surface area contributed by atoms with E-state index in [-0.39, 0.29) is 17.9 Å². The van der Waals surface area contributed by atoms with Gasteiger partial charge in [-0.25, -0.2) is 8.42 Å². The molecule has 0 atom stereocenters. The lowest BCUT2D eigenvalue weighted by Crippen LogP contribution is -2.21. The highest BCUT2D eigenvalue weighted by molar-refractivity contribution is 7.90. The van der Waals surface area contributed by atoms with Crippen molar-refractivity contribution in [1.29, 1.82) is 0 Å². The summed E-state index contributed by atoms with van der Waals surface area (Å²) in [5.74, 6) is -1.00. The lowest BCUT2D eigenvalue weighted by Gasteiger charge is -2.12. The molecule has 0 unspecified atom stereocenters. The van der Waals surface area contributed by atoms with Crippen molar-refractivity contribution >= 4 is 15.8 Å². The van der Waals surface area contributed by atoms with Crippen LogP contribution < -0.4 is 0 Å². The van der Waals surface area contributed by atoms with E-state index in [4.69, 9.17) is 5.11 Å². The van der Waals surface area contributed by atoms with E-state index in [1.54, 1.807) is 24.5 Å². The fraction of sp³-hybridized carbons (Fsp3) is 0.500. The lowest BCUT2D eigenvalue weighted by atomic mass is 10.1. The van der Waals surface area contributed by atoms with Crippen LogP contribution in [-0.2, 0) is 20.4 Å². The van der Waals surface area contributed by atoms with Crippen molar-refractivity contribution < 1.29 is 18.3 Å². The Labute approximate surface area is 106 Å². The highest BCUT2D eigenvalue weighted by Gasteiger charge is 2.47. The molecule has 1 fully saturated rings. The number of carbonyl (C=O) groups is 1. The molecule has 0 aromatic carbocycles. The van der Waals surface area contributed by atoms with Gasteiger partial charge in [0.15, 0.2) is 9.84 Å². The van der Waals surface area contributed by atoms with Gasteiger partial charge in [0.25, 0.3) is 0 Å². The summed E-state index contributed by atoms with van der Waals surface area (Å²) in [6, 6.07) is 3.32. The number of sulfone groups is 1. The predicted octanol–water partition coefficient (Wildman–Crippen LogP) is 1.25. The molecule has 1 aromatic rings. The van der Waals surface area contributed by atoms with E-state index in [1.165, 1.54) is 0 Å². The van der Waals surface area contributed by atoms with Crippen LogP contribution in [0.4, 0.5) is 0 Å². The fourth-order valence-corrected chi connectivity index (χ4v) is 4.25. The number of aromatic nitrogens is 1. The number of carboxylic acids is 1. The number of nitrogens with zero attached hydrogens (tertiary/aromatic N) is 1. The lowest BCUT2D eigenvalue weighted by molar-refractivity contribution is -0.138. The van der Waals surface area contributed by atoms with E-state index in [0.717, 1.165) is 0 Å². The molecular weight excluding hydrogens is 254 g/mol. The Kier molecular flexibility index (Phi) is 3.38. The van der Waals surface area contributed by atoms with Crippen molar-refractivity contribution in [2.45, 2.75) is 25.0 Å². The molecule has 1 heterocycles. The molecular formula is C12H15NO4S. The molecule has 1 aliphatic carbocycles. The second-order valence-electron chi connectivity index (χ2n) is 4.96. The molecule has 0 saturated heterocycles. The van der Waals surface area contributed by atoms with Gasteiger partial charge in [-0.15, -0.1) is 0 Å². The van der Waals surface area contributed by atoms with Gasteiger partial charge in [0.1, 0.15) is 0 Å². The van der Waals surface area contributed by atoms with Crippen LogP contribution in [0, 0.1) is 5.41 Å². The number of rotatable bonds is 6. The van der Waals surface area contributed by atoms with Gasteiger partial charge in [0.05, 0.1) is 17.9 Å². The van der Waals surface area contributed by atoms with E-state index in [0.29, 0.717) is 18.4 Å². The van der Waals surface area contributed by atoms with Gasteiger partial charge < -0.3 is 5.11 Å². The molecule has 0 amide bonds. The minimum Gasteiger partial charge on any atom is -0.481 e. The monoisotopic (exact) mass is 269 g/mol. The third kappa shape index (κ3) is 3.53. The topological polar surface area (TPSA) is 84.3 Å². The highest BCUT2D eigenvalue weighted by atomic mass is 32.2. The molecule has 1 N–H and O–H groups in total. The maximum atomic E-state index is 12.0. The first-order valence-electron chi connectivity index (χ1n) is 5.72. The molecule has 6 heteroatoms. The van der Waals surface area contributed by atoms with Gasteiger partial charge in [-0.05, 0) is 36.0 Å². The van der Waals surface area contributed by atoms with E-state index in [2.05, 4.69) is 4.98 Å². The Morgan fingerprint density at radius 2 is 1.94 bits per heavy atom. The summed E-state index contributed by atoms with van der Waals surface area (Å²) in [7, 11) is -3.27. The van der Waals surface area contributed by atoms with Crippen LogP contribution in [0.3, 0.4) is 0 Å². The van der Waals surface area contributed by atoms with Gasteiger partial charge >= 0.3 is 5.97 Å². The minimum atomic E-state index is -3.27. The molecule has 5 nitrogen and oxygen atoms in total. The zero-order chi connectivity index (χ0) is 13.2. The molecule has 18 heavy (non-hydrogen) atoms. The second kappa shape index (κ2) is 4.68. The van der Waals surface area contributed by atoms with Crippen molar-refractivity contribution in [3.8, 4) is 0 Å². The molecule has 0 radical (unpaired) electrons. The number of hydrogen-bond acceptors (Lipinski definition) is 4. The predicted molar refractivity (Wildman–Crippen MR) is 65.6 cm³/mol. The maximum Gasteiger partial charge on any atom is 0.303 e. The molecule has 2 rings (SSSR count). The number of carboxylic acid groups (broad SMARTS) is 1. The Morgan fingerprint density at radius 1 is 1.33 bits per heavy atom. The zero-order valence-corrected chi connectivity index (χ0v) is 10.7. The Bertz CT molecular complexity index is 534. The average Bonchev–Trinajstić information content (AvgIpc) is 2.95. The number of pyridine rings is 1. The maximum absolute atomic E-state index is 12.0. The average molecular weight is 269 g/mol. The SMILES string of the molecule is O=C(O)CC1(CS(=O)(=O)Cc2ccncc2)CC1. The van der Waals surface area contributed by atoms with Crippen molar-refractivity contribution in [1.82, 2.24) is 4.98 Å². The Hall–Kier alpha value is -1.43. The van der Waals surface area contributed by atoms with Crippen LogP contribution in [0.5, 0.6) is 0 Å². The second-order valence-corrected chi connectivity index (χ2v) is 7.02. The highest BCUT2D eigenvalue weighted by Crippen LogP contribution is 2.50. The summed E-state index contributed by atoms with van der Waals surface area (Å²) < 4.78 is 24.0. The van der Waals surface area contributed by atoms with E-state index < -0.39 is 21.2 Å². The Morgan fingerprint density at radius 3 is 2.44 bits per heavy atom. The first-order valence-corrected chi connectivity index (χ1v) is 7.54. The minimum absolute atomic E-state index is 0.0331. The summed E-state index contributed by atoms with van der Waals surface area (Å²) in [4.78, 5) is 14.5. The summed E-state index contributed by atoms with van der Waals surface area (Å²) in [5, 5.41) is 8.77. The first kappa shape index (κ1) is 13.0. The number of aliphatic carboxylic acids is 1. The van der Waals surface area contributed by atoms with E-state index in [9.17, 15) is 13.2 Å². The Balaban J connectivity index is 2.02. The molecule has 0 aliphatic heterocycles. The molecule has 1 aromatic heterocycles. The molecule has 0 spiro atoms. The summed E-state index contributed by atoms with van der Waals surface area (Å²) in [6.45, 7) is 0. The number of hydrogen-bond donors (Lipinski definition) is 1. The van der Waals surface area contributed by atoms with Gasteiger partial charge in [-0.3, -0.25) is 9.78 Å². The zero-order valence-electron chi connectivity index (χ0n) is 9.87. The van der Waals surface area contributed by atoms with E-state index >= 15 is 0 Å². The standard InChI is InChI=1S/C12H15NO4S/c14-11(15)7-12(3-4-12)9-18(16,17)8-10-1-5-13-6-2-10/h1-2,5-6H,3-4,7-9H2,(H,14,15). The van der Waals surface area contributed by atoms with Crippen molar-refractivity contribution in [2.24, 2.45) is 5.41 Å². The summed E-state index contributed by atoms with van der Waals surface area (Å²) in [5.41, 5.74) is 0.175. The molecule has 1 aliphatic rings. The molecule has 0 bridgehead atoms. The first-order chi connectivity index (χ1) is 8.41. The van der Waals surface area contributed by atoms with Crippen LogP contribution in [0.2, 0.25) is 0 Å². The van der Waals surface area contributed by atoms with Crippen LogP contribution in [-0.4, -0.2) is 30.2 Å². The van der Waals surface area contributed by atoms with Crippen molar-refractivity contribution in [3.05, 3.63) is 30.1 Å². The normalized spacial score (nSPS) is 17.3. The third-order valence-electron chi connectivity index (χ3n) is 3.15. The third-order valence-corrected chi connectivity index (χ3v) is 4.97. The smallest absolute Gasteiger partial charge is 0.303 e. The van der Waals surface area contributed by atoms with Gasteiger partial charge in [0, 0.05) is 12.4 Å². The van der Waals surface area contributed by atoms with Gasteiger partial charge in [-0.1, -0.05) is 0 Å².